The third-order valence-electron chi connectivity index (χ3n) is 3.73. The standard InChI is InChI=1S/C16H25ClN2O/c1-5-20-15-7-6-13(17)8-12(15)9-18-14-10-19(11-14)16(2,3)4/h6-8,14,18H,5,9-11H2,1-4H3. The van der Waals surface area contributed by atoms with E-state index in [1.54, 1.807) is 0 Å². The fourth-order valence-electron chi connectivity index (χ4n) is 2.39. The average Bonchev–Trinajstić information content (AvgIpc) is 2.29. The van der Waals surface area contributed by atoms with E-state index in [1.807, 2.05) is 25.1 Å². The maximum atomic E-state index is 6.07. The molecule has 0 saturated carbocycles. The van der Waals surface area contributed by atoms with E-state index in [0.717, 1.165) is 36.0 Å². The van der Waals surface area contributed by atoms with Gasteiger partial charge in [-0.25, -0.2) is 0 Å². The monoisotopic (exact) mass is 296 g/mol. The van der Waals surface area contributed by atoms with E-state index in [4.69, 9.17) is 16.3 Å². The summed E-state index contributed by atoms with van der Waals surface area (Å²) in [4.78, 5) is 2.48. The van der Waals surface area contributed by atoms with Gasteiger partial charge in [-0.2, -0.15) is 0 Å². The summed E-state index contributed by atoms with van der Waals surface area (Å²) in [6, 6.07) is 6.37. The molecule has 0 unspecified atom stereocenters. The summed E-state index contributed by atoms with van der Waals surface area (Å²) < 4.78 is 5.64. The van der Waals surface area contributed by atoms with Crippen LogP contribution >= 0.6 is 11.6 Å². The van der Waals surface area contributed by atoms with Gasteiger partial charge in [-0.3, -0.25) is 4.90 Å². The van der Waals surface area contributed by atoms with Crippen LogP contribution in [0.15, 0.2) is 18.2 Å². The Labute approximate surface area is 127 Å². The molecule has 1 fully saturated rings. The van der Waals surface area contributed by atoms with Crippen LogP contribution in [0.4, 0.5) is 0 Å². The smallest absolute Gasteiger partial charge is 0.123 e. The average molecular weight is 297 g/mol. The zero-order valence-corrected chi connectivity index (χ0v) is 13.6. The van der Waals surface area contributed by atoms with Gasteiger partial charge in [0.15, 0.2) is 0 Å². The van der Waals surface area contributed by atoms with E-state index in [0.29, 0.717) is 12.6 Å². The Kier molecular flexibility index (Phi) is 4.95. The van der Waals surface area contributed by atoms with Crippen molar-refractivity contribution >= 4 is 11.6 Å². The predicted molar refractivity (Wildman–Crippen MR) is 84.6 cm³/mol. The zero-order chi connectivity index (χ0) is 14.8. The fourth-order valence-corrected chi connectivity index (χ4v) is 2.59. The minimum absolute atomic E-state index is 0.269. The Bertz CT molecular complexity index is 450. The van der Waals surface area contributed by atoms with E-state index in [1.165, 1.54) is 0 Å². The number of halogens is 1. The van der Waals surface area contributed by atoms with Crippen LogP contribution in [0.1, 0.15) is 33.3 Å². The maximum absolute atomic E-state index is 6.07. The summed E-state index contributed by atoms with van der Waals surface area (Å²) in [5, 5.41) is 4.34. The molecule has 1 saturated heterocycles. The minimum atomic E-state index is 0.269. The van der Waals surface area contributed by atoms with E-state index in [-0.39, 0.29) is 5.54 Å². The minimum Gasteiger partial charge on any atom is -0.494 e. The molecule has 20 heavy (non-hydrogen) atoms. The second-order valence-electron chi connectivity index (χ2n) is 6.34. The highest BCUT2D eigenvalue weighted by Crippen LogP contribution is 2.25. The molecule has 0 spiro atoms. The molecule has 1 heterocycles. The Morgan fingerprint density at radius 2 is 2.05 bits per heavy atom. The summed E-state index contributed by atoms with van der Waals surface area (Å²) in [6.07, 6.45) is 0. The molecule has 1 aliphatic rings. The van der Waals surface area contributed by atoms with Crippen molar-refractivity contribution in [3.8, 4) is 5.75 Å². The van der Waals surface area contributed by atoms with Gasteiger partial charge < -0.3 is 10.1 Å². The molecule has 0 radical (unpaired) electrons. The summed E-state index contributed by atoms with van der Waals surface area (Å²) in [7, 11) is 0. The number of nitrogens with zero attached hydrogens (tertiary/aromatic N) is 1. The van der Waals surface area contributed by atoms with Crippen LogP contribution < -0.4 is 10.1 Å². The Hall–Kier alpha value is -0.770. The van der Waals surface area contributed by atoms with Gasteiger partial charge in [0.05, 0.1) is 6.61 Å². The zero-order valence-electron chi connectivity index (χ0n) is 12.9. The Morgan fingerprint density at radius 3 is 2.65 bits per heavy atom. The third kappa shape index (κ3) is 3.87. The number of rotatable bonds is 5. The lowest BCUT2D eigenvalue weighted by Gasteiger charge is -2.48. The quantitative estimate of drug-likeness (QED) is 0.902. The second kappa shape index (κ2) is 6.33. The van der Waals surface area contributed by atoms with Crippen LogP contribution in [-0.4, -0.2) is 36.2 Å². The van der Waals surface area contributed by atoms with Gasteiger partial charge in [-0.1, -0.05) is 11.6 Å². The molecule has 4 heteroatoms. The molecule has 1 aromatic rings. The highest BCUT2D eigenvalue weighted by Gasteiger charge is 2.33. The summed E-state index contributed by atoms with van der Waals surface area (Å²) in [6.45, 7) is 12.5. The van der Waals surface area contributed by atoms with E-state index < -0.39 is 0 Å². The topological polar surface area (TPSA) is 24.5 Å². The first-order valence-corrected chi connectivity index (χ1v) is 7.67. The van der Waals surface area contributed by atoms with Gasteiger partial charge in [-0.15, -0.1) is 0 Å². The first-order chi connectivity index (χ1) is 9.40. The van der Waals surface area contributed by atoms with Gasteiger partial charge in [-0.05, 0) is 45.9 Å². The lowest BCUT2D eigenvalue weighted by Crippen LogP contribution is -2.63. The van der Waals surface area contributed by atoms with Crippen molar-refractivity contribution in [3.05, 3.63) is 28.8 Å². The fraction of sp³-hybridized carbons (Fsp3) is 0.625. The molecule has 0 bridgehead atoms. The van der Waals surface area contributed by atoms with E-state index in [2.05, 4.69) is 31.0 Å². The summed E-state index contributed by atoms with van der Waals surface area (Å²) >= 11 is 6.07. The molecule has 0 amide bonds. The molecule has 1 N–H and O–H groups in total. The van der Waals surface area contributed by atoms with Gasteiger partial charge in [0, 0.05) is 41.8 Å². The van der Waals surface area contributed by atoms with Gasteiger partial charge in [0.1, 0.15) is 5.75 Å². The number of hydrogen-bond acceptors (Lipinski definition) is 3. The van der Waals surface area contributed by atoms with Crippen LogP contribution in [-0.2, 0) is 6.54 Å². The normalized spacial score (nSPS) is 17.1. The van der Waals surface area contributed by atoms with Crippen LogP contribution in [0.5, 0.6) is 5.75 Å². The number of nitrogens with one attached hydrogen (secondary N) is 1. The molecule has 1 aliphatic heterocycles. The molecular weight excluding hydrogens is 272 g/mol. The number of hydrogen-bond donors (Lipinski definition) is 1. The van der Waals surface area contributed by atoms with Crippen molar-refractivity contribution in [2.45, 2.75) is 45.8 Å². The lowest BCUT2D eigenvalue weighted by molar-refractivity contribution is 0.0344. The van der Waals surface area contributed by atoms with E-state index in [9.17, 15) is 0 Å². The van der Waals surface area contributed by atoms with Gasteiger partial charge >= 0.3 is 0 Å². The van der Waals surface area contributed by atoms with Crippen molar-refractivity contribution in [2.75, 3.05) is 19.7 Å². The highest BCUT2D eigenvalue weighted by atomic mass is 35.5. The molecule has 0 atom stereocenters. The third-order valence-corrected chi connectivity index (χ3v) is 3.97. The maximum Gasteiger partial charge on any atom is 0.123 e. The van der Waals surface area contributed by atoms with Crippen molar-refractivity contribution in [3.63, 3.8) is 0 Å². The van der Waals surface area contributed by atoms with Gasteiger partial charge in [0.25, 0.3) is 0 Å². The largest absolute Gasteiger partial charge is 0.494 e. The molecule has 0 aliphatic carbocycles. The van der Waals surface area contributed by atoms with Crippen molar-refractivity contribution in [2.24, 2.45) is 0 Å². The number of ether oxygens (including phenoxy) is 1. The first kappa shape index (κ1) is 15.6. The lowest BCUT2D eigenvalue weighted by atomic mass is 9.97. The SMILES string of the molecule is CCOc1ccc(Cl)cc1CNC1CN(C(C)(C)C)C1. The molecule has 0 aromatic heterocycles. The van der Waals surface area contributed by atoms with Crippen LogP contribution in [0, 0.1) is 0 Å². The van der Waals surface area contributed by atoms with Crippen molar-refractivity contribution in [1.82, 2.24) is 10.2 Å². The second-order valence-corrected chi connectivity index (χ2v) is 6.78. The van der Waals surface area contributed by atoms with Crippen LogP contribution in [0.25, 0.3) is 0 Å². The number of benzene rings is 1. The van der Waals surface area contributed by atoms with Crippen LogP contribution in [0.3, 0.4) is 0 Å². The van der Waals surface area contributed by atoms with Crippen LogP contribution in [0.2, 0.25) is 5.02 Å². The highest BCUT2D eigenvalue weighted by molar-refractivity contribution is 6.30. The molecule has 112 valence electrons. The summed E-state index contributed by atoms with van der Waals surface area (Å²) in [5.74, 6) is 0.927. The molecule has 3 nitrogen and oxygen atoms in total. The van der Waals surface area contributed by atoms with E-state index >= 15 is 0 Å². The molecule has 2 rings (SSSR count). The van der Waals surface area contributed by atoms with Crippen molar-refractivity contribution < 1.29 is 4.74 Å². The Morgan fingerprint density at radius 1 is 1.35 bits per heavy atom. The first-order valence-electron chi connectivity index (χ1n) is 7.30. The molecule has 1 aromatic carbocycles. The molecular formula is C16H25ClN2O. The summed E-state index contributed by atoms with van der Waals surface area (Å²) in [5.41, 5.74) is 1.40. The number of likely N-dealkylation sites (tertiary alicyclic amines) is 1. The Balaban J connectivity index is 1.87. The van der Waals surface area contributed by atoms with Gasteiger partial charge in [0.2, 0.25) is 0 Å². The predicted octanol–water partition coefficient (Wildman–Crippen LogP) is 3.31. The van der Waals surface area contributed by atoms with Crippen molar-refractivity contribution in [1.29, 1.82) is 0 Å².